The molecule has 0 aromatic heterocycles. The molecule has 2 aromatic carbocycles. The van der Waals surface area contributed by atoms with E-state index in [0.29, 0.717) is 19.3 Å². The highest BCUT2D eigenvalue weighted by Crippen LogP contribution is 2.27. The van der Waals surface area contributed by atoms with Gasteiger partial charge in [-0.05, 0) is 62.6 Å². The van der Waals surface area contributed by atoms with Crippen LogP contribution in [0.5, 0.6) is 0 Å². The third-order valence-corrected chi connectivity index (χ3v) is 5.11. The van der Waals surface area contributed by atoms with Crippen molar-refractivity contribution < 1.29 is 9.59 Å². The van der Waals surface area contributed by atoms with E-state index in [-0.39, 0.29) is 17.7 Å². The lowest BCUT2D eigenvalue weighted by Crippen LogP contribution is -2.30. The first-order chi connectivity index (χ1) is 13.1. The quantitative estimate of drug-likeness (QED) is 0.778. The number of rotatable bonds is 7. The van der Waals surface area contributed by atoms with Gasteiger partial charge in [0.15, 0.2) is 0 Å². The molecule has 5 nitrogen and oxygen atoms in total. The number of benzene rings is 2. The Morgan fingerprint density at radius 2 is 1.81 bits per heavy atom. The summed E-state index contributed by atoms with van der Waals surface area (Å²) in [5.41, 5.74) is 3.95. The van der Waals surface area contributed by atoms with Crippen LogP contribution in [-0.4, -0.2) is 24.9 Å². The molecule has 0 bridgehead atoms. The molecule has 0 fully saturated rings. The van der Waals surface area contributed by atoms with Crippen LogP contribution in [0.4, 0.5) is 17.1 Å². The summed E-state index contributed by atoms with van der Waals surface area (Å²) in [6, 6.07) is 15.7. The van der Waals surface area contributed by atoms with Crippen LogP contribution in [0.2, 0.25) is 0 Å². The molecule has 3 rings (SSSR count). The van der Waals surface area contributed by atoms with Crippen LogP contribution in [0.25, 0.3) is 0 Å². The molecule has 5 heteroatoms. The van der Waals surface area contributed by atoms with E-state index < -0.39 is 0 Å². The van der Waals surface area contributed by atoms with E-state index in [0.717, 1.165) is 35.7 Å². The molecule has 1 atom stereocenters. The summed E-state index contributed by atoms with van der Waals surface area (Å²) in [6.45, 7) is 6.15. The average molecular weight is 365 g/mol. The van der Waals surface area contributed by atoms with E-state index in [1.54, 1.807) is 0 Å². The SMILES string of the molecule is CCN(CC)c1ccc(NC(=O)CC[C@H]2Cc3ccccc3NC2=O)cc1. The van der Waals surface area contributed by atoms with Gasteiger partial charge in [0.1, 0.15) is 0 Å². The maximum atomic E-state index is 12.3. The Hall–Kier alpha value is -2.82. The van der Waals surface area contributed by atoms with Crippen molar-refractivity contribution in [3.05, 3.63) is 54.1 Å². The predicted molar refractivity (Wildman–Crippen MR) is 110 cm³/mol. The Labute approximate surface area is 160 Å². The predicted octanol–water partition coefficient (Wildman–Crippen LogP) is 4.06. The van der Waals surface area contributed by atoms with E-state index in [1.807, 2.05) is 48.5 Å². The average Bonchev–Trinajstić information content (AvgIpc) is 2.68. The van der Waals surface area contributed by atoms with Crippen molar-refractivity contribution in [1.29, 1.82) is 0 Å². The topological polar surface area (TPSA) is 61.4 Å². The number of nitrogens with one attached hydrogen (secondary N) is 2. The Morgan fingerprint density at radius 1 is 1.11 bits per heavy atom. The molecule has 0 saturated heterocycles. The lowest BCUT2D eigenvalue weighted by molar-refractivity contribution is -0.121. The van der Waals surface area contributed by atoms with Crippen LogP contribution < -0.4 is 15.5 Å². The molecule has 0 saturated carbocycles. The molecule has 0 radical (unpaired) electrons. The minimum atomic E-state index is -0.157. The van der Waals surface area contributed by atoms with Gasteiger partial charge < -0.3 is 15.5 Å². The molecule has 0 spiro atoms. The number of hydrogen-bond acceptors (Lipinski definition) is 3. The van der Waals surface area contributed by atoms with Crippen LogP contribution in [-0.2, 0) is 16.0 Å². The summed E-state index contributed by atoms with van der Waals surface area (Å²) in [7, 11) is 0. The zero-order chi connectivity index (χ0) is 19.2. The highest BCUT2D eigenvalue weighted by molar-refractivity contribution is 5.96. The number of para-hydroxylation sites is 1. The summed E-state index contributed by atoms with van der Waals surface area (Å²) >= 11 is 0. The van der Waals surface area contributed by atoms with Crippen molar-refractivity contribution in [2.24, 2.45) is 5.92 Å². The van der Waals surface area contributed by atoms with Gasteiger partial charge in [-0.1, -0.05) is 18.2 Å². The third-order valence-electron chi connectivity index (χ3n) is 5.11. The Bertz CT molecular complexity index is 797. The van der Waals surface area contributed by atoms with Crippen molar-refractivity contribution in [2.75, 3.05) is 28.6 Å². The highest BCUT2D eigenvalue weighted by atomic mass is 16.2. The lowest BCUT2D eigenvalue weighted by Gasteiger charge is -2.24. The smallest absolute Gasteiger partial charge is 0.227 e. The summed E-state index contributed by atoms with van der Waals surface area (Å²) in [5, 5.41) is 5.86. The summed E-state index contributed by atoms with van der Waals surface area (Å²) in [6.07, 6.45) is 1.56. The fourth-order valence-corrected chi connectivity index (χ4v) is 3.52. The van der Waals surface area contributed by atoms with Crippen molar-refractivity contribution in [3.8, 4) is 0 Å². The maximum absolute atomic E-state index is 12.3. The van der Waals surface area contributed by atoms with Crippen LogP contribution in [0, 0.1) is 5.92 Å². The molecule has 1 aliphatic rings. The Morgan fingerprint density at radius 3 is 2.52 bits per heavy atom. The molecular formula is C22H27N3O2. The van der Waals surface area contributed by atoms with Crippen molar-refractivity contribution >= 4 is 28.9 Å². The van der Waals surface area contributed by atoms with Crippen LogP contribution in [0.3, 0.4) is 0 Å². The van der Waals surface area contributed by atoms with Crippen molar-refractivity contribution in [1.82, 2.24) is 0 Å². The molecule has 142 valence electrons. The van der Waals surface area contributed by atoms with Crippen LogP contribution in [0.1, 0.15) is 32.3 Å². The van der Waals surface area contributed by atoms with Crippen LogP contribution >= 0.6 is 0 Å². The first-order valence-electron chi connectivity index (χ1n) is 9.64. The molecule has 2 N–H and O–H groups in total. The monoisotopic (exact) mass is 365 g/mol. The second-order valence-electron chi connectivity index (χ2n) is 6.85. The van der Waals surface area contributed by atoms with E-state index in [1.165, 1.54) is 0 Å². The van der Waals surface area contributed by atoms with Crippen molar-refractivity contribution in [2.45, 2.75) is 33.1 Å². The number of nitrogens with zero attached hydrogens (tertiary/aromatic N) is 1. The molecule has 2 aromatic rings. The second-order valence-corrected chi connectivity index (χ2v) is 6.85. The van der Waals surface area contributed by atoms with Gasteiger partial charge in [0.05, 0.1) is 0 Å². The van der Waals surface area contributed by atoms with Gasteiger partial charge in [-0.2, -0.15) is 0 Å². The van der Waals surface area contributed by atoms with Crippen LogP contribution in [0.15, 0.2) is 48.5 Å². The Kier molecular flexibility index (Phi) is 6.12. The first-order valence-corrected chi connectivity index (χ1v) is 9.64. The molecule has 27 heavy (non-hydrogen) atoms. The van der Waals surface area contributed by atoms with E-state index in [2.05, 4.69) is 29.4 Å². The summed E-state index contributed by atoms with van der Waals surface area (Å²) < 4.78 is 0. The van der Waals surface area contributed by atoms with Gasteiger partial charge in [-0.25, -0.2) is 0 Å². The fourth-order valence-electron chi connectivity index (χ4n) is 3.52. The number of amides is 2. The lowest BCUT2D eigenvalue weighted by atomic mass is 9.89. The van der Waals surface area contributed by atoms with Gasteiger partial charge in [0.25, 0.3) is 0 Å². The van der Waals surface area contributed by atoms with E-state index in [9.17, 15) is 9.59 Å². The Balaban J connectivity index is 1.52. The van der Waals surface area contributed by atoms with E-state index >= 15 is 0 Å². The zero-order valence-electron chi connectivity index (χ0n) is 16.0. The second kappa shape index (κ2) is 8.71. The maximum Gasteiger partial charge on any atom is 0.227 e. The highest BCUT2D eigenvalue weighted by Gasteiger charge is 2.26. The van der Waals surface area contributed by atoms with Gasteiger partial charge in [0, 0.05) is 42.5 Å². The zero-order valence-corrected chi connectivity index (χ0v) is 16.0. The van der Waals surface area contributed by atoms with Gasteiger partial charge in [0.2, 0.25) is 11.8 Å². The number of carbonyl (C=O) groups is 2. The van der Waals surface area contributed by atoms with E-state index in [4.69, 9.17) is 0 Å². The first kappa shape index (κ1) is 19.0. The number of anilines is 3. The number of fused-ring (bicyclic) bond motifs is 1. The minimum absolute atomic E-state index is 0.00470. The molecule has 1 heterocycles. The number of carbonyl (C=O) groups excluding carboxylic acids is 2. The summed E-state index contributed by atoms with van der Waals surface area (Å²) in [4.78, 5) is 26.8. The summed E-state index contributed by atoms with van der Waals surface area (Å²) in [5.74, 6) is -0.210. The minimum Gasteiger partial charge on any atom is -0.372 e. The van der Waals surface area contributed by atoms with Gasteiger partial charge in [-0.15, -0.1) is 0 Å². The third kappa shape index (κ3) is 4.67. The van der Waals surface area contributed by atoms with Crippen molar-refractivity contribution in [3.63, 3.8) is 0 Å². The molecule has 0 unspecified atom stereocenters. The largest absolute Gasteiger partial charge is 0.372 e. The van der Waals surface area contributed by atoms with Gasteiger partial charge >= 0.3 is 0 Å². The fraction of sp³-hybridized carbons (Fsp3) is 0.364. The normalized spacial score (nSPS) is 15.6. The molecule has 1 aliphatic heterocycles. The van der Waals surface area contributed by atoms with Gasteiger partial charge in [-0.3, -0.25) is 9.59 Å². The molecular weight excluding hydrogens is 338 g/mol. The molecule has 2 amide bonds. The molecule has 0 aliphatic carbocycles. The standard InChI is InChI=1S/C22H27N3O2/c1-3-25(4-2)19-12-10-18(11-13-19)23-21(26)14-9-17-15-16-7-5-6-8-20(16)24-22(17)27/h5-8,10-13,17H,3-4,9,14-15H2,1-2H3,(H,23,26)(H,24,27)/t17-/m0/s1. The number of hydrogen-bond donors (Lipinski definition) is 2.